The van der Waals surface area contributed by atoms with Gasteiger partial charge in [0.2, 0.25) is 0 Å². The second-order valence-corrected chi connectivity index (χ2v) is 3.84. The Morgan fingerprint density at radius 1 is 1.33 bits per heavy atom. The van der Waals surface area contributed by atoms with E-state index in [1.807, 2.05) is 24.3 Å². The van der Waals surface area contributed by atoms with E-state index in [0.29, 0.717) is 5.92 Å². The molecule has 0 atom stereocenters. The number of hydrogen-bond acceptors (Lipinski definition) is 3. The van der Waals surface area contributed by atoms with Crippen molar-refractivity contribution in [1.29, 1.82) is 0 Å². The van der Waals surface area contributed by atoms with Crippen molar-refractivity contribution in [2.75, 3.05) is 6.61 Å². The van der Waals surface area contributed by atoms with E-state index in [4.69, 9.17) is 9.94 Å². The minimum atomic E-state index is 0.658. The molecule has 0 bridgehead atoms. The number of nitrogens with zero attached hydrogens (tertiary/aromatic N) is 1. The van der Waals surface area contributed by atoms with E-state index < -0.39 is 0 Å². The topological polar surface area (TPSA) is 41.8 Å². The van der Waals surface area contributed by atoms with Gasteiger partial charge in [-0.2, -0.15) is 0 Å². The van der Waals surface area contributed by atoms with Crippen molar-refractivity contribution in [3.8, 4) is 5.75 Å². The fraction of sp³-hybridized carbons (Fsp3) is 0.417. The van der Waals surface area contributed by atoms with E-state index in [-0.39, 0.29) is 0 Å². The molecule has 1 aromatic carbocycles. The van der Waals surface area contributed by atoms with Crippen LogP contribution in [0, 0.1) is 5.92 Å². The van der Waals surface area contributed by atoms with Gasteiger partial charge in [0.05, 0.1) is 12.8 Å². The Labute approximate surface area is 90.4 Å². The maximum Gasteiger partial charge on any atom is 0.119 e. The van der Waals surface area contributed by atoms with Crippen LogP contribution < -0.4 is 4.74 Å². The van der Waals surface area contributed by atoms with Gasteiger partial charge in [0.15, 0.2) is 0 Å². The molecule has 1 aromatic rings. The predicted molar refractivity (Wildman–Crippen MR) is 60.8 cm³/mol. The fourth-order valence-electron chi connectivity index (χ4n) is 1.13. The number of oxime groups is 1. The van der Waals surface area contributed by atoms with Gasteiger partial charge >= 0.3 is 0 Å². The first-order valence-corrected chi connectivity index (χ1v) is 5.12. The van der Waals surface area contributed by atoms with Crippen LogP contribution >= 0.6 is 0 Å². The van der Waals surface area contributed by atoms with Crippen molar-refractivity contribution in [1.82, 2.24) is 0 Å². The summed E-state index contributed by atoms with van der Waals surface area (Å²) in [6, 6.07) is 7.45. The molecule has 1 N–H and O–H groups in total. The van der Waals surface area contributed by atoms with Crippen molar-refractivity contribution in [2.45, 2.75) is 20.3 Å². The van der Waals surface area contributed by atoms with Crippen LogP contribution in [0.15, 0.2) is 29.4 Å². The zero-order chi connectivity index (χ0) is 11.1. The molecule has 0 amide bonds. The summed E-state index contributed by atoms with van der Waals surface area (Å²) in [6.07, 6.45) is 2.44. The number of rotatable bonds is 5. The zero-order valence-electron chi connectivity index (χ0n) is 9.18. The summed E-state index contributed by atoms with van der Waals surface area (Å²) in [7, 11) is 0. The van der Waals surface area contributed by atoms with E-state index in [9.17, 15) is 0 Å². The van der Waals surface area contributed by atoms with Crippen LogP contribution in [0.1, 0.15) is 25.8 Å². The second kappa shape index (κ2) is 6.06. The minimum absolute atomic E-state index is 0.658. The third-order valence-corrected chi connectivity index (χ3v) is 2.05. The third kappa shape index (κ3) is 4.49. The summed E-state index contributed by atoms with van der Waals surface area (Å²) in [6.45, 7) is 5.08. The lowest BCUT2D eigenvalue weighted by molar-refractivity contribution is 0.289. The Morgan fingerprint density at radius 3 is 2.53 bits per heavy atom. The molecule has 0 saturated carbocycles. The minimum Gasteiger partial charge on any atom is -0.494 e. The molecule has 3 nitrogen and oxygen atoms in total. The lowest BCUT2D eigenvalue weighted by atomic mass is 10.1. The molecular weight excluding hydrogens is 190 g/mol. The molecule has 0 aliphatic rings. The van der Waals surface area contributed by atoms with Crippen molar-refractivity contribution in [3.63, 3.8) is 0 Å². The maximum absolute atomic E-state index is 8.33. The predicted octanol–water partition coefficient (Wildman–Crippen LogP) is 2.92. The first kappa shape index (κ1) is 11.6. The quantitative estimate of drug-likeness (QED) is 0.458. The average Bonchev–Trinajstić information content (AvgIpc) is 2.20. The number of hydrogen-bond donors (Lipinski definition) is 1. The molecule has 0 aromatic heterocycles. The SMILES string of the molecule is CC(C)CCOc1ccc(C=NO)cc1. The van der Waals surface area contributed by atoms with Crippen LogP contribution in [-0.2, 0) is 0 Å². The lowest BCUT2D eigenvalue weighted by Crippen LogP contribution is -2.01. The van der Waals surface area contributed by atoms with Crippen molar-refractivity contribution < 1.29 is 9.94 Å². The Balaban J connectivity index is 2.42. The molecule has 0 spiro atoms. The van der Waals surface area contributed by atoms with E-state index in [1.54, 1.807) is 0 Å². The van der Waals surface area contributed by atoms with Gasteiger partial charge < -0.3 is 9.94 Å². The molecule has 0 aliphatic heterocycles. The van der Waals surface area contributed by atoms with Crippen molar-refractivity contribution in [3.05, 3.63) is 29.8 Å². The normalized spacial score (nSPS) is 11.1. The van der Waals surface area contributed by atoms with Crippen molar-refractivity contribution >= 4 is 6.21 Å². The first-order chi connectivity index (χ1) is 7.22. The van der Waals surface area contributed by atoms with Gasteiger partial charge in [0.1, 0.15) is 5.75 Å². The van der Waals surface area contributed by atoms with E-state index in [1.165, 1.54) is 6.21 Å². The molecule has 0 saturated heterocycles. The standard InChI is InChI=1S/C12H17NO2/c1-10(2)7-8-15-12-5-3-11(4-6-12)9-13-14/h3-6,9-10,14H,7-8H2,1-2H3. The van der Waals surface area contributed by atoms with Gasteiger partial charge in [-0.15, -0.1) is 0 Å². The molecule has 82 valence electrons. The van der Waals surface area contributed by atoms with Crippen LogP contribution in [0.25, 0.3) is 0 Å². The highest BCUT2D eigenvalue weighted by Crippen LogP contribution is 2.12. The summed E-state index contributed by atoms with van der Waals surface area (Å²) < 4.78 is 5.54. The molecule has 3 heteroatoms. The van der Waals surface area contributed by atoms with Crippen LogP contribution in [0.5, 0.6) is 5.75 Å². The Bertz CT molecular complexity index is 304. The Hall–Kier alpha value is -1.51. The van der Waals surface area contributed by atoms with Gasteiger partial charge in [-0.3, -0.25) is 0 Å². The maximum atomic E-state index is 8.33. The van der Waals surface area contributed by atoms with Crippen LogP contribution in [0.4, 0.5) is 0 Å². The molecule has 0 fully saturated rings. The van der Waals surface area contributed by atoms with E-state index >= 15 is 0 Å². The molecule has 0 aliphatic carbocycles. The zero-order valence-corrected chi connectivity index (χ0v) is 9.18. The molecule has 0 heterocycles. The van der Waals surface area contributed by atoms with Gasteiger partial charge in [-0.05, 0) is 42.2 Å². The van der Waals surface area contributed by atoms with E-state index in [2.05, 4.69) is 19.0 Å². The second-order valence-electron chi connectivity index (χ2n) is 3.84. The molecule has 0 radical (unpaired) electrons. The van der Waals surface area contributed by atoms with Crippen LogP contribution in [0.3, 0.4) is 0 Å². The van der Waals surface area contributed by atoms with Gasteiger partial charge in [0.25, 0.3) is 0 Å². The number of ether oxygens (including phenoxy) is 1. The summed E-state index contributed by atoms with van der Waals surface area (Å²) >= 11 is 0. The highest BCUT2D eigenvalue weighted by Gasteiger charge is 1.96. The molecule has 0 unspecified atom stereocenters. The summed E-state index contributed by atoms with van der Waals surface area (Å²) in [5, 5.41) is 11.3. The van der Waals surface area contributed by atoms with E-state index in [0.717, 1.165) is 24.3 Å². The Morgan fingerprint density at radius 2 is 2.00 bits per heavy atom. The van der Waals surface area contributed by atoms with Crippen molar-refractivity contribution in [2.24, 2.45) is 11.1 Å². The summed E-state index contributed by atoms with van der Waals surface area (Å²) in [5.74, 6) is 1.51. The molecule has 15 heavy (non-hydrogen) atoms. The van der Waals surface area contributed by atoms with Crippen LogP contribution in [0.2, 0.25) is 0 Å². The summed E-state index contributed by atoms with van der Waals surface area (Å²) in [5.41, 5.74) is 0.855. The fourth-order valence-corrected chi connectivity index (χ4v) is 1.13. The highest BCUT2D eigenvalue weighted by atomic mass is 16.5. The van der Waals surface area contributed by atoms with Gasteiger partial charge in [0, 0.05) is 0 Å². The van der Waals surface area contributed by atoms with Crippen LogP contribution in [-0.4, -0.2) is 18.0 Å². The third-order valence-electron chi connectivity index (χ3n) is 2.05. The summed E-state index contributed by atoms with van der Waals surface area (Å²) in [4.78, 5) is 0. The molecule has 1 rings (SSSR count). The molecular formula is C12H17NO2. The average molecular weight is 207 g/mol. The highest BCUT2D eigenvalue weighted by molar-refractivity contribution is 5.79. The first-order valence-electron chi connectivity index (χ1n) is 5.12. The smallest absolute Gasteiger partial charge is 0.119 e. The monoisotopic (exact) mass is 207 g/mol. The van der Waals surface area contributed by atoms with Gasteiger partial charge in [-0.1, -0.05) is 19.0 Å². The lowest BCUT2D eigenvalue weighted by Gasteiger charge is -2.07. The Kier molecular flexibility index (Phi) is 4.68. The van der Waals surface area contributed by atoms with Gasteiger partial charge in [-0.25, -0.2) is 0 Å². The number of benzene rings is 1. The largest absolute Gasteiger partial charge is 0.494 e.